The molecule has 0 N–H and O–H groups in total. The van der Waals surface area contributed by atoms with Crippen LogP contribution in [0.4, 0.5) is 0 Å². The Morgan fingerprint density at radius 2 is 1.74 bits per heavy atom. The van der Waals surface area contributed by atoms with E-state index in [0.717, 1.165) is 16.7 Å². The summed E-state index contributed by atoms with van der Waals surface area (Å²) in [6, 6.07) is 2.06. The molecule has 1 saturated heterocycles. The van der Waals surface area contributed by atoms with Gasteiger partial charge in [0.2, 0.25) is 0 Å². The summed E-state index contributed by atoms with van der Waals surface area (Å²) in [4.78, 5) is 4.30. The minimum absolute atomic E-state index is 0.306. The first-order chi connectivity index (χ1) is 8.78. The molecular formula is C14H19BN2O2. The Bertz CT molecular complexity index is 617. The van der Waals surface area contributed by atoms with E-state index < -0.39 is 0 Å². The first kappa shape index (κ1) is 12.7. The maximum atomic E-state index is 6.05. The Morgan fingerprint density at radius 3 is 2.37 bits per heavy atom. The predicted molar refractivity (Wildman–Crippen MR) is 75.6 cm³/mol. The summed E-state index contributed by atoms with van der Waals surface area (Å²) in [5.41, 5.74) is 2.46. The average molecular weight is 258 g/mol. The summed E-state index contributed by atoms with van der Waals surface area (Å²) in [7, 11) is -0.315. The zero-order chi connectivity index (χ0) is 13.8. The van der Waals surface area contributed by atoms with Crippen LogP contribution in [0.2, 0.25) is 0 Å². The summed E-state index contributed by atoms with van der Waals surface area (Å²) in [6.45, 7) is 10.2. The second-order valence-electron chi connectivity index (χ2n) is 6.22. The summed E-state index contributed by atoms with van der Waals surface area (Å²) in [5.74, 6) is 0. The van der Waals surface area contributed by atoms with Crippen molar-refractivity contribution in [2.24, 2.45) is 0 Å². The van der Waals surface area contributed by atoms with Crippen LogP contribution in [-0.2, 0) is 9.31 Å². The Kier molecular flexibility index (Phi) is 2.56. The van der Waals surface area contributed by atoms with E-state index in [2.05, 4.69) is 43.1 Å². The molecule has 1 aliphatic rings. The molecule has 3 heterocycles. The molecule has 0 radical (unpaired) electrons. The van der Waals surface area contributed by atoms with Gasteiger partial charge in [-0.3, -0.25) is 4.98 Å². The van der Waals surface area contributed by atoms with Crippen molar-refractivity contribution in [2.75, 3.05) is 0 Å². The van der Waals surface area contributed by atoms with Crippen LogP contribution in [0.1, 0.15) is 33.4 Å². The van der Waals surface area contributed by atoms with Crippen LogP contribution in [0, 0.1) is 6.92 Å². The molecule has 5 heteroatoms. The van der Waals surface area contributed by atoms with Gasteiger partial charge in [0.15, 0.2) is 0 Å². The molecule has 0 unspecified atom stereocenters. The number of nitrogens with zero attached hydrogens (tertiary/aromatic N) is 2. The molecule has 1 aliphatic heterocycles. The molecule has 19 heavy (non-hydrogen) atoms. The molecule has 0 aliphatic carbocycles. The molecule has 0 aromatic carbocycles. The van der Waals surface area contributed by atoms with Gasteiger partial charge in [-0.25, -0.2) is 0 Å². The van der Waals surface area contributed by atoms with Crippen molar-refractivity contribution >= 4 is 18.1 Å². The molecule has 4 nitrogen and oxygen atoms in total. The van der Waals surface area contributed by atoms with Gasteiger partial charge in [-0.2, -0.15) is 0 Å². The van der Waals surface area contributed by atoms with Crippen LogP contribution in [0.5, 0.6) is 0 Å². The predicted octanol–water partition coefficient (Wildman–Crippen LogP) is 1.94. The second kappa shape index (κ2) is 3.84. The van der Waals surface area contributed by atoms with E-state index >= 15 is 0 Å². The van der Waals surface area contributed by atoms with Crippen molar-refractivity contribution in [3.05, 3.63) is 30.4 Å². The Balaban J connectivity index is 1.98. The molecule has 0 spiro atoms. The van der Waals surface area contributed by atoms with Crippen LogP contribution in [0.25, 0.3) is 5.52 Å². The lowest BCUT2D eigenvalue weighted by Crippen LogP contribution is -2.41. The van der Waals surface area contributed by atoms with E-state index in [1.165, 1.54) is 0 Å². The van der Waals surface area contributed by atoms with Crippen molar-refractivity contribution in [1.82, 2.24) is 9.38 Å². The van der Waals surface area contributed by atoms with Crippen molar-refractivity contribution < 1.29 is 9.31 Å². The first-order valence-electron chi connectivity index (χ1n) is 6.58. The summed E-state index contributed by atoms with van der Waals surface area (Å²) in [6.07, 6.45) is 5.92. The molecule has 100 valence electrons. The van der Waals surface area contributed by atoms with Gasteiger partial charge in [-0.15, -0.1) is 0 Å². The smallest absolute Gasteiger partial charge is 0.399 e. The number of hydrogen-bond donors (Lipinski definition) is 0. The van der Waals surface area contributed by atoms with Crippen molar-refractivity contribution in [3.8, 4) is 0 Å². The maximum Gasteiger partial charge on any atom is 0.496 e. The number of rotatable bonds is 1. The van der Waals surface area contributed by atoms with E-state index in [9.17, 15) is 0 Å². The molecule has 2 aromatic heterocycles. The third kappa shape index (κ3) is 1.97. The SMILES string of the molecule is Cc1cn2cc(B3OC(C)(C)C(C)(C)O3)cc2cn1. The van der Waals surface area contributed by atoms with Crippen molar-refractivity contribution in [3.63, 3.8) is 0 Å². The number of aryl methyl sites for hydroxylation is 1. The monoisotopic (exact) mass is 258 g/mol. The van der Waals surface area contributed by atoms with E-state index in [-0.39, 0.29) is 18.3 Å². The zero-order valence-corrected chi connectivity index (χ0v) is 12.1. The van der Waals surface area contributed by atoms with Crippen LogP contribution < -0.4 is 5.46 Å². The van der Waals surface area contributed by atoms with E-state index in [1.807, 2.05) is 25.5 Å². The fourth-order valence-corrected chi connectivity index (χ4v) is 2.24. The van der Waals surface area contributed by atoms with Gasteiger partial charge in [0.1, 0.15) is 0 Å². The Morgan fingerprint density at radius 1 is 1.11 bits per heavy atom. The third-order valence-corrected chi connectivity index (χ3v) is 4.15. The van der Waals surface area contributed by atoms with Gasteiger partial charge in [-0.1, -0.05) is 0 Å². The molecule has 0 atom stereocenters. The molecular weight excluding hydrogens is 239 g/mol. The number of hydrogen-bond acceptors (Lipinski definition) is 3. The minimum atomic E-state index is -0.315. The fourth-order valence-electron chi connectivity index (χ4n) is 2.24. The third-order valence-electron chi connectivity index (χ3n) is 4.15. The number of fused-ring (bicyclic) bond motifs is 1. The minimum Gasteiger partial charge on any atom is -0.399 e. The van der Waals surface area contributed by atoms with Gasteiger partial charge < -0.3 is 13.7 Å². The lowest BCUT2D eigenvalue weighted by atomic mass is 9.81. The van der Waals surface area contributed by atoms with Crippen molar-refractivity contribution in [2.45, 2.75) is 45.8 Å². The highest BCUT2D eigenvalue weighted by Crippen LogP contribution is 2.36. The quantitative estimate of drug-likeness (QED) is 0.733. The highest BCUT2D eigenvalue weighted by Gasteiger charge is 2.51. The lowest BCUT2D eigenvalue weighted by molar-refractivity contribution is 0.00578. The van der Waals surface area contributed by atoms with E-state index in [4.69, 9.17) is 9.31 Å². The van der Waals surface area contributed by atoms with E-state index in [0.29, 0.717) is 0 Å². The molecule has 1 fully saturated rings. The molecule has 0 saturated carbocycles. The topological polar surface area (TPSA) is 35.8 Å². The standard InChI is InChI=1S/C14H19BN2O2/c1-10-8-17-9-11(6-12(17)7-16-10)15-18-13(2,3)14(4,5)19-15/h6-9H,1-5H3. The molecule has 2 aromatic rings. The fraction of sp³-hybridized carbons (Fsp3) is 0.500. The Labute approximate surface area is 113 Å². The lowest BCUT2D eigenvalue weighted by Gasteiger charge is -2.32. The summed E-state index contributed by atoms with van der Waals surface area (Å²) < 4.78 is 14.2. The second-order valence-corrected chi connectivity index (χ2v) is 6.22. The zero-order valence-electron chi connectivity index (χ0n) is 12.1. The summed E-state index contributed by atoms with van der Waals surface area (Å²) >= 11 is 0. The Hall–Kier alpha value is -1.33. The van der Waals surface area contributed by atoms with Gasteiger partial charge in [0.05, 0.1) is 28.6 Å². The first-order valence-corrected chi connectivity index (χ1v) is 6.58. The molecule has 3 rings (SSSR count). The van der Waals surface area contributed by atoms with Crippen LogP contribution in [0.15, 0.2) is 24.7 Å². The number of aromatic nitrogens is 2. The van der Waals surface area contributed by atoms with Gasteiger partial charge in [0, 0.05) is 17.9 Å². The normalized spacial score (nSPS) is 21.2. The van der Waals surface area contributed by atoms with E-state index in [1.54, 1.807) is 0 Å². The average Bonchev–Trinajstić information content (AvgIpc) is 2.78. The molecule has 0 bridgehead atoms. The van der Waals surface area contributed by atoms with Crippen LogP contribution in [-0.4, -0.2) is 27.7 Å². The molecule has 0 amide bonds. The highest BCUT2D eigenvalue weighted by molar-refractivity contribution is 6.62. The van der Waals surface area contributed by atoms with Crippen LogP contribution in [0.3, 0.4) is 0 Å². The maximum absolute atomic E-state index is 6.05. The largest absolute Gasteiger partial charge is 0.496 e. The summed E-state index contributed by atoms with van der Waals surface area (Å²) in [5, 5.41) is 0. The van der Waals surface area contributed by atoms with Crippen molar-refractivity contribution in [1.29, 1.82) is 0 Å². The van der Waals surface area contributed by atoms with Crippen LogP contribution >= 0.6 is 0 Å². The van der Waals surface area contributed by atoms with Gasteiger partial charge in [0.25, 0.3) is 0 Å². The van der Waals surface area contributed by atoms with Gasteiger partial charge in [-0.05, 0) is 40.7 Å². The van der Waals surface area contributed by atoms with Gasteiger partial charge >= 0.3 is 7.12 Å². The highest BCUT2D eigenvalue weighted by atomic mass is 16.7.